The van der Waals surface area contributed by atoms with Gasteiger partial charge in [-0.05, 0) is 25.1 Å². The summed E-state index contributed by atoms with van der Waals surface area (Å²) in [5.74, 6) is 0.800. The zero-order valence-corrected chi connectivity index (χ0v) is 19.8. The number of hydrogen-bond donors (Lipinski definition) is 1. The summed E-state index contributed by atoms with van der Waals surface area (Å²) in [6.07, 6.45) is 2.90. The van der Waals surface area contributed by atoms with Crippen LogP contribution in [0.2, 0.25) is 0 Å². The standard InChI is InChI=1S/C22H27N5O5S/c1-14-11-27(33(4,30)31)9-8-26(14)12-16-10-17-21(32-16)18(13-25(3)22(17)29)19-6-5-7-20(24-19)23-15(2)28/h5-7,10,13-14H,8-9,11-12H2,1-4H3,(H,23,24,28)/t14-/m1/s1. The second kappa shape index (κ2) is 8.73. The van der Waals surface area contributed by atoms with E-state index >= 15 is 0 Å². The quantitative estimate of drug-likeness (QED) is 0.598. The molecule has 1 N–H and O–H groups in total. The highest BCUT2D eigenvalue weighted by molar-refractivity contribution is 7.88. The Morgan fingerprint density at radius 1 is 1.30 bits per heavy atom. The molecule has 0 aromatic carbocycles. The van der Waals surface area contributed by atoms with Crippen molar-refractivity contribution in [3.63, 3.8) is 0 Å². The molecule has 1 atom stereocenters. The smallest absolute Gasteiger partial charge is 0.261 e. The molecule has 0 spiro atoms. The van der Waals surface area contributed by atoms with Crippen molar-refractivity contribution >= 4 is 32.7 Å². The Balaban J connectivity index is 1.68. The van der Waals surface area contributed by atoms with Crippen LogP contribution in [-0.2, 0) is 28.4 Å². The maximum absolute atomic E-state index is 12.8. The summed E-state index contributed by atoms with van der Waals surface area (Å²) in [5, 5.41) is 3.11. The number of aryl methyl sites for hydroxylation is 1. The SMILES string of the molecule is CC(=O)Nc1cccc(-c2cn(C)c(=O)c3cc(CN4CCN(S(C)(=O)=O)C[C@H]4C)oc23)n1. The lowest BCUT2D eigenvalue weighted by Gasteiger charge is -2.38. The van der Waals surface area contributed by atoms with Crippen molar-refractivity contribution in [3.8, 4) is 11.3 Å². The van der Waals surface area contributed by atoms with E-state index in [4.69, 9.17) is 4.42 Å². The summed E-state index contributed by atoms with van der Waals surface area (Å²) < 4.78 is 32.8. The van der Waals surface area contributed by atoms with E-state index in [-0.39, 0.29) is 17.5 Å². The Kier molecular flexibility index (Phi) is 6.12. The first-order chi connectivity index (χ1) is 15.5. The molecule has 1 saturated heterocycles. The van der Waals surface area contributed by atoms with Crippen LogP contribution in [0, 0.1) is 0 Å². The first-order valence-corrected chi connectivity index (χ1v) is 12.4. The lowest BCUT2D eigenvalue weighted by molar-refractivity contribution is -0.114. The number of pyridine rings is 2. The van der Waals surface area contributed by atoms with Crippen molar-refractivity contribution in [3.05, 3.63) is 46.6 Å². The molecule has 0 bridgehead atoms. The van der Waals surface area contributed by atoms with Gasteiger partial charge >= 0.3 is 0 Å². The molecule has 33 heavy (non-hydrogen) atoms. The monoisotopic (exact) mass is 473 g/mol. The van der Waals surface area contributed by atoms with Crippen LogP contribution in [0.5, 0.6) is 0 Å². The molecule has 0 aliphatic carbocycles. The number of anilines is 1. The number of aromatic nitrogens is 2. The number of fused-ring (bicyclic) bond motifs is 1. The maximum Gasteiger partial charge on any atom is 0.261 e. The molecule has 0 radical (unpaired) electrons. The second-order valence-corrected chi connectivity index (χ2v) is 10.4. The van der Waals surface area contributed by atoms with E-state index in [2.05, 4.69) is 15.2 Å². The van der Waals surface area contributed by atoms with Gasteiger partial charge in [0.2, 0.25) is 15.9 Å². The van der Waals surface area contributed by atoms with Crippen LogP contribution in [-0.4, -0.2) is 65.0 Å². The molecule has 11 heteroatoms. The zero-order valence-electron chi connectivity index (χ0n) is 19.0. The molecule has 1 aliphatic heterocycles. The van der Waals surface area contributed by atoms with Gasteiger partial charge in [0, 0.05) is 45.8 Å². The minimum Gasteiger partial charge on any atom is -0.459 e. The molecule has 1 amide bonds. The third kappa shape index (κ3) is 4.85. The van der Waals surface area contributed by atoms with E-state index in [0.29, 0.717) is 60.0 Å². The van der Waals surface area contributed by atoms with Gasteiger partial charge in [0.05, 0.1) is 29.4 Å². The molecule has 4 heterocycles. The van der Waals surface area contributed by atoms with Gasteiger partial charge in [0.15, 0.2) is 5.58 Å². The van der Waals surface area contributed by atoms with E-state index in [1.807, 2.05) is 6.92 Å². The fourth-order valence-electron chi connectivity index (χ4n) is 4.10. The van der Waals surface area contributed by atoms with Gasteiger partial charge in [-0.1, -0.05) is 6.07 Å². The number of sulfonamides is 1. The van der Waals surface area contributed by atoms with Crippen molar-refractivity contribution < 1.29 is 17.6 Å². The Labute approximate surface area is 191 Å². The molecule has 4 rings (SSSR count). The number of hydrogen-bond acceptors (Lipinski definition) is 7. The average Bonchev–Trinajstić information content (AvgIpc) is 3.15. The van der Waals surface area contributed by atoms with Gasteiger partial charge in [-0.3, -0.25) is 14.5 Å². The highest BCUT2D eigenvalue weighted by atomic mass is 32.2. The van der Waals surface area contributed by atoms with Gasteiger partial charge in [-0.15, -0.1) is 0 Å². The topological polar surface area (TPSA) is 118 Å². The Bertz CT molecular complexity index is 1380. The van der Waals surface area contributed by atoms with Gasteiger partial charge in [-0.25, -0.2) is 13.4 Å². The van der Waals surface area contributed by atoms with Crippen molar-refractivity contribution in [1.29, 1.82) is 0 Å². The summed E-state index contributed by atoms with van der Waals surface area (Å²) in [6, 6.07) is 7.00. The summed E-state index contributed by atoms with van der Waals surface area (Å²) in [4.78, 5) is 30.8. The highest BCUT2D eigenvalue weighted by Crippen LogP contribution is 2.29. The average molecular weight is 474 g/mol. The lowest BCUT2D eigenvalue weighted by Crippen LogP contribution is -2.52. The molecule has 176 valence electrons. The van der Waals surface area contributed by atoms with Crippen LogP contribution in [0.1, 0.15) is 19.6 Å². The fraction of sp³-hybridized carbons (Fsp3) is 0.409. The predicted molar refractivity (Wildman–Crippen MR) is 125 cm³/mol. The number of carbonyl (C=O) groups excluding carboxylic acids is 1. The fourth-order valence-corrected chi connectivity index (χ4v) is 4.99. The predicted octanol–water partition coefficient (Wildman–Crippen LogP) is 1.62. The van der Waals surface area contributed by atoms with Crippen LogP contribution < -0.4 is 10.9 Å². The zero-order chi connectivity index (χ0) is 23.9. The normalized spacial score (nSPS) is 18.0. The van der Waals surface area contributed by atoms with Crippen LogP contribution in [0.4, 0.5) is 5.82 Å². The summed E-state index contributed by atoms with van der Waals surface area (Å²) in [5.41, 5.74) is 1.46. The van der Waals surface area contributed by atoms with Crippen LogP contribution in [0.3, 0.4) is 0 Å². The number of nitrogens with zero attached hydrogens (tertiary/aromatic N) is 4. The maximum atomic E-state index is 12.8. The number of amides is 1. The molecule has 1 aliphatic rings. The van der Waals surface area contributed by atoms with E-state index < -0.39 is 10.0 Å². The molecular formula is C22H27N5O5S. The van der Waals surface area contributed by atoms with Crippen molar-refractivity contribution in [2.24, 2.45) is 7.05 Å². The van der Waals surface area contributed by atoms with Crippen LogP contribution >= 0.6 is 0 Å². The molecule has 0 unspecified atom stereocenters. The Morgan fingerprint density at radius 2 is 2.06 bits per heavy atom. The van der Waals surface area contributed by atoms with Gasteiger partial charge < -0.3 is 14.3 Å². The third-order valence-electron chi connectivity index (χ3n) is 5.79. The first-order valence-electron chi connectivity index (χ1n) is 10.6. The van der Waals surface area contributed by atoms with Gasteiger partial charge in [0.1, 0.15) is 11.6 Å². The molecule has 0 saturated carbocycles. The van der Waals surface area contributed by atoms with E-state index in [1.54, 1.807) is 37.5 Å². The molecular weight excluding hydrogens is 446 g/mol. The highest BCUT2D eigenvalue weighted by Gasteiger charge is 2.29. The van der Waals surface area contributed by atoms with Crippen LogP contribution in [0.15, 0.2) is 39.7 Å². The first kappa shape index (κ1) is 23.1. The number of piperazine rings is 1. The van der Waals surface area contributed by atoms with E-state index in [9.17, 15) is 18.0 Å². The largest absolute Gasteiger partial charge is 0.459 e. The molecule has 3 aromatic rings. The lowest BCUT2D eigenvalue weighted by atomic mass is 10.1. The summed E-state index contributed by atoms with van der Waals surface area (Å²) in [6.45, 7) is 5.23. The number of rotatable bonds is 5. The summed E-state index contributed by atoms with van der Waals surface area (Å²) >= 11 is 0. The number of carbonyl (C=O) groups is 1. The molecule has 3 aromatic heterocycles. The van der Waals surface area contributed by atoms with Gasteiger partial charge in [-0.2, -0.15) is 4.31 Å². The number of nitrogens with one attached hydrogen (secondary N) is 1. The van der Waals surface area contributed by atoms with Crippen molar-refractivity contribution in [2.45, 2.75) is 26.4 Å². The minimum atomic E-state index is -3.23. The summed E-state index contributed by atoms with van der Waals surface area (Å²) in [7, 11) is -1.56. The third-order valence-corrected chi connectivity index (χ3v) is 7.06. The molecule has 1 fully saturated rings. The van der Waals surface area contributed by atoms with Crippen LogP contribution in [0.25, 0.3) is 22.2 Å². The Hall–Kier alpha value is -3.02. The minimum absolute atomic E-state index is 0.00000545. The Morgan fingerprint density at radius 3 is 2.73 bits per heavy atom. The second-order valence-electron chi connectivity index (χ2n) is 8.44. The van der Waals surface area contributed by atoms with Gasteiger partial charge in [0.25, 0.3) is 5.56 Å². The number of furan rings is 1. The van der Waals surface area contributed by atoms with E-state index in [1.165, 1.54) is 22.1 Å². The van der Waals surface area contributed by atoms with E-state index in [0.717, 1.165) is 0 Å². The molecule has 10 nitrogen and oxygen atoms in total. The van der Waals surface area contributed by atoms with Crippen molar-refractivity contribution in [2.75, 3.05) is 31.2 Å². The van der Waals surface area contributed by atoms with Crippen molar-refractivity contribution in [1.82, 2.24) is 18.8 Å².